The van der Waals surface area contributed by atoms with Gasteiger partial charge < -0.3 is 0 Å². The van der Waals surface area contributed by atoms with Crippen LogP contribution in [0.4, 0.5) is 0 Å². The van der Waals surface area contributed by atoms with Gasteiger partial charge in [-0.05, 0) is 13.0 Å². The minimum atomic E-state index is 0.0275. The van der Waals surface area contributed by atoms with Crippen molar-refractivity contribution in [2.75, 3.05) is 0 Å². The Hall–Kier alpha value is -1.90. The zero-order valence-corrected chi connectivity index (χ0v) is 9.47. The first-order valence-electron chi connectivity index (χ1n) is 5.37. The first kappa shape index (κ1) is 10.6. The molecule has 0 amide bonds. The van der Waals surface area contributed by atoms with Crippen molar-refractivity contribution in [2.24, 2.45) is 0 Å². The lowest BCUT2D eigenvalue weighted by molar-refractivity contribution is 0.0891. The van der Waals surface area contributed by atoms with E-state index in [4.69, 9.17) is 0 Å². The maximum absolute atomic E-state index is 11.6. The lowest BCUT2D eigenvalue weighted by atomic mass is 10.1. The molecule has 1 heterocycles. The number of carbonyl (C=O) groups is 1. The Labute approximate surface area is 94.7 Å². The Kier molecular flexibility index (Phi) is 2.86. The van der Waals surface area contributed by atoms with Crippen LogP contribution in [0.1, 0.15) is 23.8 Å². The second kappa shape index (κ2) is 4.31. The second-order valence-electron chi connectivity index (χ2n) is 3.70. The van der Waals surface area contributed by atoms with Gasteiger partial charge in [0.1, 0.15) is 0 Å². The second-order valence-corrected chi connectivity index (χ2v) is 3.70. The fourth-order valence-corrected chi connectivity index (χ4v) is 1.63. The molecule has 0 bridgehead atoms. The Bertz CT molecular complexity index is 500. The Morgan fingerprint density at radius 2 is 2.00 bits per heavy atom. The topological polar surface area (TPSA) is 34.9 Å². The molecule has 16 heavy (non-hydrogen) atoms. The van der Waals surface area contributed by atoms with E-state index in [0.29, 0.717) is 6.42 Å². The van der Waals surface area contributed by atoms with Crippen LogP contribution in [0.15, 0.2) is 36.4 Å². The van der Waals surface area contributed by atoms with Crippen molar-refractivity contribution in [3.63, 3.8) is 0 Å². The van der Waals surface area contributed by atoms with Gasteiger partial charge in [-0.2, -0.15) is 5.10 Å². The van der Waals surface area contributed by atoms with Crippen molar-refractivity contribution in [3.8, 4) is 11.3 Å². The fourth-order valence-electron chi connectivity index (χ4n) is 1.63. The first-order valence-corrected chi connectivity index (χ1v) is 5.37. The van der Waals surface area contributed by atoms with Crippen LogP contribution in [-0.2, 0) is 0 Å². The van der Waals surface area contributed by atoms with E-state index in [1.165, 1.54) is 4.68 Å². The third kappa shape index (κ3) is 1.89. The van der Waals surface area contributed by atoms with Crippen molar-refractivity contribution in [2.45, 2.75) is 20.3 Å². The standard InChI is InChI=1S/C13H14N2O/c1-3-13(16)15-10(2)9-12(14-15)11-7-5-4-6-8-11/h4-9H,3H2,1-2H3. The van der Waals surface area contributed by atoms with Gasteiger partial charge in [0.2, 0.25) is 5.91 Å². The van der Waals surface area contributed by atoms with Crippen LogP contribution in [0.25, 0.3) is 11.3 Å². The van der Waals surface area contributed by atoms with Crippen LogP contribution in [0.2, 0.25) is 0 Å². The van der Waals surface area contributed by atoms with Crippen LogP contribution >= 0.6 is 0 Å². The number of aromatic nitrogens is 2. The molecule has 2 rings (SSSR count). The van der Waals surface area contributed by atoms with Crippen LogP contribution in [0.5, 0.6) is 0 Å². The molecule has 0 aliphatic heterocycles. The summed E-state index contributed by atoms with van der Waals surface area (Å²) in [6.07, 6.45) is 0.469. The van der Waals surface area contributed by atoms with E-state index < -0.39 is 0 Å². The molecule has 3 heteroatoms. The molecular formula is C13H14N2O. The van der Waals surface area contributed by atoms with Crippen molar-refractivity contribution in [3.05, 3.63) is 42.1 Å². The number of rotatable bonds is 2. The summed E-state index contributed by atoms with van der Waals surface area (Å²) in [5.74, 6) is 0.0275. The number of carbonyl (C=O) groups excluding carboxylic acids is 1. The van der Waals surface area contributed by atoms with Gasteiger partial charge in [-0.15, -0.1) is 0 Å². The monoisotopic (exact) mass is 214 g/mol. The summed E-state index contributed by atoms with van der Waals surface area (Å²) in [5.41, 5.74) is 2.76. The van der Waals surface area contributed by atoms with Gasteiger partial charge in [0.05, 0.1) is 5.69 Å². The highest BCUT2D eigenvalue weighted by molar-refractivity contribution is 5.79. The van der Waals surface area contributed by atoms with E-state index in [0.717, 1.165) is 17.0 Å². The maximum atomic E-state index is 11.6. The van der Waals surface area contributed by atoms with Crippen molar-refractivity contribution >= 4 is 5.91 Å². The molecule has 3 nitrogen and oxygen atoms in total. The predicted octanol–water partition coefficient (Wildman–Crippen LogP) is 2.91. The van der Waals surface area contributed by atoms with Crippen molar-refractivity contribution < 1.29 is 4.79 Å². The summed E-state index contributed by atoms with van der Waals surface area (Å²) in [6, 6.07) is 11.8. The number of hydrogen-bond acceptors (Lipinski definition) is 2. The molecule has 0 N–H and O–H groups in total. The smallest absolute Gasteiger partial charge is 0.246 e. The molecule has 0 saturated heterocycles. The van der Waals surface area contributed by atoms with Gasteiger partial charge in [-0.1, -0.05) is 37.3 Å². The molecular weight excluding hydrogens is 200 g/mol. The van der Waals surface area contributed by atoms with E-state index in [1.54, 1.807) is 0 Å². The highest BCUT2D eigenvalue weighted by Crippen LogP contribution is 2.18. The van der Waals surface area contributed by atoms with Gasteiger partial charge in [-0.25, -0.2) is 4.68 Å². The molecule has 0 saturated carbocycles. The molecule has 82 valence electrons. The molecule has 1 aromatic heterocycles. The Morgan fingerprint density at radius 1 is 1.31 bits per heavy atom. The quantitative estimate of drug-likeness (QED) is 0.770. The van der Waals surface area contributed by atoms with Crippen molar-refractivity contribution in [1.82, 2.24) is 9.78 Å². The summed E-state index contributed by atoms with van der Waals surface area (Å²) < 4.78 is 1.47. The first-order chi connectivity index (χ1) is 7.72. The molecule has 0 spiro atoms. The Morgan fingerprint density at radius 3 is 2.62 bits per heavy atom. The molecule has 2 aromatic rings. The maximum Gasteiger partial charge on any atom is 0.246 e. The molecule has 0 radical (unpaired) electrons. The predicted molar refractivity (Wildman–Crippen MR) is 63.3 cm³/mol. The van der Waals surface area contributed by atoms with E-state index in [-0.39, 0.29) is 5.91 Å². The SMILES string of the molecule is CCC(=O)n1nc(-c2ccccc2)cc1C. The summed E-state index contributed by atoms with van der Waals surface area (Å²) >= 11 is 0. The van der Waals surface area contributed by atoms with Crippen LogP contribution in [0, 0.1) is 6.92 Å². The highest BCUT2D eigenvalue weighted by Gasteiger charge is 2.10. The van der Waals surface area contributed by atoms with Gasteiger partial charge in [-0.3, -0.25) is 4.79 Å². The van der Waals surface area contributed by atoms with Crippen LogP contribution in [-0.4, -0.2) is 15.7 Å². The molecule has 0 atom stereocenters. The molecule has 0 aliphatic rings. The van der Waals surface area contributed by atoms with Gasteiger partial charge >= 0.3 is 0 Å². The van der Waals surface area contributed by atoms with E-state index in [9.17, 15) is 4.79 Å². The normalized spacial score (nSPS) is 10.4. The zero-order chi connectivity index (χ0) is 11.5. The summed E-state index contributed by atoms with van der Waals surface area (Å²) in [7, 11) is 0. The zero-order valence-electron chi connectivity index (χ0n) is 9.47. The van der Waals surface area contributed by atoms with E-state index in [2.05, 4.69) is 5.10 Å². The van der Waals surface area contributed by atoms with Crippen molar-refractivity contribution in [1.29, 1.82) is 0 Å². The van der Waals surface area contributed by atoms with E-state index in [1.807, 2.05) is 50.2 Å². The third-order valence-corrected chi connectivity index (χ3v) is 2.50. The largest absolute Gasteiger partial charge is 0.273 e. The highest BCUT2D eigenvalue weighted by atomic mass is 16.2. The third-order valence-electron chi connectivity index (χ3n) is 2.50. The summed E-state index contributed by atoms with van der Waals surface area (Å²) in [4.78, 5) is 11.6. The number of nitrogens with zero attached hydrogens (tertiary/aromatic N) is 2. The average Bonchev–Trinajstić information content (AvgIpc) is 2.71. The minimum Gasteiger partial charge on any atom is -0.273 e. The molecule has 1 aromatic carbocycles. The molecule has 0 fully saturated rings. The lowest BCUT2D eigenvalue weighted by Gasteiger charge is -1.98. The fraction of sp³-hybridized carbons (Fsp3) is 0.231. The van der Waals surface area contributed by atoms with Crippen LogP contribution < -0.4 is 0 Å². The number of hydrogen-bond donors (Lipinski definition) is 0. The number of aryl methyl sites for hydroxylation is 1. The number of benzene rings is 1. The summed E-state index contributed by atoms with van der Waals surface area (Å²) in [6.45, 7) is 3.73. The lowest BCUT2D eigenvalue weighted by Crippen LogP contribution is -2.12. The van der Waals surface area contributed by atoms with Crippen LogP contribution in [0.3, 0.4) is 0 Å². The molecule has 0 unspecified atom stereocenters. The van der Waals surface area contributed by atoms with Gasteiger partial charge in [0, 0.05) is 17.7 Å². The van der Waals surface area contributed by atoms with Gasteiger partial charge in [0.25, 0.3) is 0 Å². The average molecular weight is 214 g/mol. The minimum absolute atomic E-state index is 0.0275. The van der Waals surface area contributed by atoms with E-state index >= 15 is 0 Å². The van der Waals surface area contributed by atoms with Gasteiger partial charge in [0.15, 0.2) is 0 Å². The Balaban J connectivity index is 2.42. The summed E-state index contributed by atoms with van der Waals surface area (Å²) in [5, 5.41) is 4.32. The molecule has 0 aliphatic carbocycles.